The SMILES string of the molecule is CC(=O)O[C@H]1[C@H](OCc2ccccc2)[C@@H](COCc2ccccc2)OC(O)[C@H]1N=[N+]=[N-]. The molecule has 0 bridgehead atoms. The van der Waals surface area contributed by atoms with Crippen LogP contribution in [-0.2, 0) is 37.0 Å². The molecule has 5 atom stereocenters. The number of hydrogen-bond donors (Lipinski definition) is 1. The largest absolute Gasteiger partial charge is 0.459 e. The lowest BCUT2D eigenvalue weighted by molar-refractivity contribution is -0.267. The molecule has 1 N–H and O–H groups in total. The number of esters is 1. The Bertz CT molecular complexity index is 875. The predicted molar refractivity (Wildman–Crippen MR) is 110 cm³/mol. The summed E-state index contributed by atoms with van der Waals surface area (Å²) >= 11 is 0. The summed E-state index contributed by atoms with van der Waals surface area (Å²) < 4.78 is 22.9. The van der Waals surface area contributed by atoms with Crippen LogP contribution in [0.1, 0.15) is 18.1 Å². The van der Waals surface area contributed by atoms with Crippen molar-refractivity contribution in [3.05, 3.63) is 82.2 Å². The molecule has 9 heteroatoms. The van der Waals surface area contributed by atoms with E-state index in [-0.39, 0.29) is 13.2 Å². The summed E-state index contributed by atoms with van der Waals surface area (Å²) in [5.41, 5.74) is 10.8. The van der Waals surface area contributed by atoms with Gasteiger partial charge >= 0.3 is 5.97 Å². The Balaban J connectivity index is 1.77. The molecule has 3 rings (SSSR count). The first-order chi connectivity index (χ1) is 15.1. The Morgan fingerprint density at radius 2 is 1.68 bits per heavy atom. The highest BCUT2D eigenvalue weighted by atomic mass is 16.7. The number of carbonyl (C=O) groups excluding carboxylic acids is 1. The van der Waals surface area contributed by atoms with Crippen molar-refractivity contribution in [2.24, 2.45) is 5.11 Å². The number of nitrogens with zero attached hydrogens (tertiary/aromatic N) is 3. The zero-order valence-electron chi connectivity index (χ0n) is 17.1. The maximum Gasteiger partial charge on any atom is 0.303 e. The average molecular weight is 427 g/mol. The number of benzene rings is 2. The van der Waals surface area contributed by atoms with Crippen molar-refractivity contribution in [1.29, 1.82) is 0 Å². The molecule has 9 nitrogen and oxygen atoms in total. The summed E-state index contributed by atoms with van der Waals surface area (Å²) in [6.07, 6.45) is -4.08. The average Bonchev–Trinajstić information content (AvgIpc) is 2.77. The number of rotatable bonds is 9. The van der Waals surface area contributed by atoms with Gasteiger partial charge in [0.2, 0.25) is 0 Å². The van der Waals surface area contributed by atoms with Crippen molar-refractivity contribution >= 4 is 5.97 Å². The molecule has 2 aromatic carbocycles. The van der Waals surface area contributed by atoms with Gasteiger partial charge in [-0.15, -0.1) is 0 Å². The van der Waals surface area contributed by atoms with E-state index in [0.29, 0.717) is 6.61 Å². The van der Waals surface area contributed by atoms with Crippen LogP contribution in [0.4, 0.5) is 0 Å². The molecule has 0 aliphatic carbocycles. The molecule has 2 aromatic rings. The van der Waals surface area contributed by atoms with Crippen molar-refractivity contribution in [1.82, 2.24) is 0 Å². The zero-order chi connectivity index (χ0) is 22.1. The lowest BCUT2D eigenvalue weighted by Gasteiger charge is -2.42. The van der Waals surface area contributed by atoms with Gasteiger partial charge in [0.25, 0.3) is 0 Å². The molecule has 31 heavy (non-hydrogen) atoms. The van der Waals surface area contributed by atoms with E-state index in [1.54, 1.807) is 0 Å². The lowest BCUT2D eigenvalue weighted by atomic mass is 9.97. The van der Waals surface area contributed by atoms with E-state index < -0.39 is 36.6 Å². The van der Waals surface area contributed by atoms with Gasteiger partial charge in [-0.1, -0.05) is 65.8 Å². The van der Waals surface area contributed by atoms with Gasteiger partial charge in [-0.3, -0.25) is 4.79 Å². The molecule has 1 aliphatic rings. The van der Waals surface area contributed by atoms with E-state index >= 15 is 0 Å². The molecule has 1 fully saturated rings. The number of aliphatic hydroxyl groups is 1. The third kappa shape index (κ3) is 6.52. The zero-order valence-corrected chi connectivity index (χ0v) is 17.1. The van der Waals surface area contributed by atoms with Crippen LogP contribution in [0.25, 0.3) is 10.4 Å². The summed E-state index contributed by atoms with van der Waals surface area (Å²) in [4.78, 5) is 14.5. The second-order valence-corrected chi connectivity index (χ2v) is 7.10. The first-order valence-electron chi connectivity index (χ1n) is 9.90. The molecule has 1 saturated heterocycles. The van der Waals surface area contributed by atoms with E-state index in [1.165, 1.54) is 6.92 Å². The van der Waals surface area contributed by atoms with Crippen LogP contribution in [0, 0.1) is 0 Å². The number of aliphatic hydroxyl groups excluding tert-OH is 1. The second kappa shape index (κ2) is 11.5. The van der Waals surface area contributed by atoms with Crippen molar-refractivity contribution in [3.63, 3.8) is 0 Å². The molecule has 1 aliphatic heterocycles. The Hall–Kier alpha value is -2.94. The van der Waals surface area contributed by atoms with Crippen molar-refractivity contribution in [2.75, 3.05) is 6.61 Å². The number of ether oxygens (including phenoxy) is 4. The van der Waals surface area contributed by atoms with Gasteiger partial charge in [0, 0.05) is 11.8 Å². The Morgan fingerprint density at radius 3 is 2.26 bits per heavy atom. The maximum absolute atomic E-state index is 11.7. The van der Waals surface area contributed by atoms with Gasteiger partial charge in [0.15, 0.2) is 6.29 Å². The van der Waals surface area contributed by atoms with Crippen molar-refractivity contribution < 1.29 is 28.8 Å². The van der Waals surface area contributed by atoms with Crippen LogP contribution in [0.5, 0.6) is 0 Å². The molecule has 1 heterocycles. The van der Waals surface area contributed by atoms with Crippen LogP contribution in [0.2, 0.25) is 0 Å². The topological polar surface area (TPSA) is 123 Å². The molecule has 0 radical (unpaired) electrons. The summed E-state index contributed by atoms with van der Waals surface area (Å²) in [5, 5.41) is 14.0. The van der Waals surface area contributed by atoms with Gasteiger partial charge in [-0.2, -0.15) is 0 Å². The van der Waals surface area contributed by atoms with E-state index in [0.717, 1.165) is 11.1 Å². The molecule has 0 spiro atoms. The van der Waals surface area contributed by atoms with Crippen molar-refractivity contribution in [2.45, 2.75) is 50.8 Å². The fraction of sp³-hybridized carbons (Fsp3) is 0.409. The maximum atomic E-state index is 11.7. The van der Waals surface area contributed by atoms with Crippen LogP contribution in [-0.4, -0.2) is 48.3 Å². The summed E-state index contributed by atoms with van der Waals surface area (Å²) in [5.74, 6) is -0.588. The Morgan fingerprint density at radius 1 is 1.06 bits per heavy atom. The molecule has 0 aromatic heterocycles. The van der Waals surface area contributed by atoms with Crippen molar-refractivity contribution in [3.8, 4) is 0 Å². The predicted octanol–water partition coefficient (Wildman–Crippen LogP) is 3.12. The van der Waals surface area contributed by atoms with Crippen LogP contribution >= 0.6 is 0 Å². The highest BCUT2D eigenvalue weighted by Crippen LogP contribution is 2.28. The first-order valence-corrected chi connectivity index (χ1v) is 9.90. The minimum atomic E-state index is -1.47. The van der Waals surface area contributed by atoms with Gasteiger partial charge in [-0.05, 0) is 16.7 Å². The second-order valence-electron chi connectivity index (χ2n) is 7.10. The lowest BCUT2D eigenvalue weighted by Crippen LogP contribution is -2.60. The van der Waals surface area contributed by atoms with E-state index in [2.05, 4.69) is 10.0 Å². The number of azide groups is 1. The number of hydrogen-bond acceptors (Lipinski definition) is 7. The fourth-order valence-electron chi connectivity index (χ4n) is 3.39. The summed E-state index contributed by atoms with van der Waals surface area (Å²) in [7, 11) is 0. The van der Waals surface area contributed by atoms with Gasteiger partial charge < -0.3 is 24.1 Å². The summed E-state index contributed by atoms with van der Waals surface area (Å²) in [6.45, 7) is 1.86. The van der Waals surface area contributed by atoms with Crippen LogP contribution in [0.3, 0.4) is 0 Å². The fourth-order valence-corrected chi connectivity index (χ4v) is 3.39. The van der Waals surface area contributed by atoms with Gasteiger partial charge in [0.05, 0.1) is 19.8 Å². The third-order valence-corrected chi connectivity index (χ3v) is 4.80. The van der Waals surface area contributed by atoms with Crippen LogP contribution < -0.4 is 0 Å². The molecule has 164 valence electrons. The minimum Gasteiger partial charge on any atom is -0.459 e. The Labute approximate surface area is 180 Å². The van der Waals surface area contributed by atoms with Gasteiger partial charge in [0.1, 0.15) is 24.4 Å². The molecule has 1 unspecified atom stereocenters. The van der Waals surface area contributed by atoms with E-state index in [1.807, 2.05) is 60.7 Å². The number of carbonyl (C=O) groups is 1. The quantitative estimate of drug-likeness (QED) is 0.284. The molecule has 0 saturated carbocycles. The highest BCUT2D eigenvalue weighted by Gasteiger charge is 2.48. The molecular formula is C22H25N3O6. The molecular weight excluding hydrogens is 402 g/mol. The monoisotopic (exact) mass is 427 g/mol. The van der Waals surface area contributed by atoms with Crippen LogP contribution in [0.15, 0.2) is 65.8 Å². The normalized spacial score (nSPS) is 25.4. The smallest absolute Gasteiger partial charge is 0.303 e. The standard InChI is InChI=1S/C22H25N3O6/c1-15(26)30-21-19(24-25-23)22(27)31-18(14-28-12-16-8-4-2-5-9-16)20(21)29-13-17-10-6-3-7-11-17/h2-11,18-22,27H,12-14H2,1H3/t18-,19+,20-,21-,22?/m1/s1. The highest BCUT2D eigenvalue weighted by molar-refractivity contribution is 5.66. The van der Waals surface area contributed by atoms with E-state index in [9.17, 15) is 9.90 Å². The van der Waals surface area contributed by atoms with E-state index in [4.69, 9.17) is 24.5 Å². The molecule has 0 amide bonds. The van der Waals surface area contributed by atoms with Gasteiger partial charge in [-0.25, -0.2) is 0 Å². The first kappa shape index (κ1) is 22.7. The third-order valence-electron chi connectivity index (χ3n) is 4.80. The minimum absolute atomic E-state index is 0.0756. The Kier molecular flexibility index (Phi) is 8.40. The summed E-state index contributed by atoms with van der Waals surface area (Å²) in [6, 6.07) is 17.9.